The lowest BCUT2D eigenvalue weighted by Crippen LogP contribution is -2.58. The third-order valence-electron chi connectivity index (χ3n) is 8.80. The Kier molecular flexibility index (Phi) is 9.62. The number of carbonyl (C=O) groups excluding carboxylic acids is 3. The Balaban J connectivity index is 2.03. The second-order valence-corrected chi connectivity index (χ2v) is 11.2. The van der Waals surface area contributed by atoms with E-state index in [4.69, 9.17) is 14.6 Å². The van der Waals surface area contributed by atoms with Crippen molar-refractivity contribution in [1.29, 1.82) is 0 Å². The smallest absolute Gasteiger partial charge is 0.313 e. The Labute approximate surface area is 222 Å². The van der Waals surface area contributed by atoms with Gasteiger partial charge in [0.05, 0.1) is 11.5 Å². The van der Waals surface area contributed by atoms with E-state index in [9.17, 15) is 14.4 Å². The highest BCUT2D eigenvalue weighted by Gasteiger charge is 2.80. The van der Waals surface area contributed by atoms with Gasteiger partial charge in [-0.3, -0.25) is 14.4 Å². The van der Waals surface area contributed by atoms with Crippen LogP contribution in [-0.2, 0) is 23.9 Å². The van der Waals surface area contributed by atoms with E-state index in [0.29, 0.717) is 32.4 Å². The van der Waals surface area contributed by atoms with E-state index < -0.39 is 35.0 Å². The molecule has 0 aromatic carbocycles. The van der Waals surface area contributed by atoms with Crippen LogP contribution in [0.4, 0.5) is 0 Å². The lowest BCUT2D eigenvalue weighted by Gasteiger charge is -2.39. The average molecular weight is 519 g/mol. The number of fused-ring (bicyclic) bond motifs is 1. The molecule has 4 unspecified atom stereocenters. The molecule has 3 heterocycles. The van der Waals surface area contributed by atoms with Crippen molar-refractivity contribution in [2.45, 2.75) is 95.9 Å². The lowest BCUT2D eigenvalue weighted by molar-refractivity contribution is -0.161. The molecular formula is C29H46N2O6. The summed E-state index contributed by atoms with van der Waals surface area (Å²) in [5.41, 5.74) is -1.96. The maximum absolute atomic E-state index is 14.4. The van der Waals surface area contributed by atoms with Gasteiger partial charge in [0.1, 0.15) is 24.2 Å². The molecule has 3 rings (SSSR count). The first kappa shape index (κ1) is 29.4. The summed E-state index contributed by atoms with van der Waals surface area (Å²) in [7, 11) is 0. The Hall–Kier alpha value is -2.19. The fourth-order valence-electron chi connectivity index (χ4n) is 6.95. The molecule has 0 saturated carbocycles. The van der Waals surface area contributed by atoms with E-state index in [1.165, 1.54) is 6.08 Å². The molecule has 0 radical (unpaired) electrons. The fourth-order valence-corrected chi connectivity index (χ4v) is 6.95. The van der Waals surface area contributed by atoms with E-state index in [1.807, 2.05) is 25.7 Å². The van der Waals surface area contributed by atoms with Crippen LogP contribution in [0.2, 0.25) is 0 Å². The van der Waals surface area contributed by atoms with Gasteiger partial charge in [0, 0.05) is 25.7 Å². The molecule has 37 heavy (non-hydrogen) atoms. The van der Waals surface area contributed by atoms with Gasteiger partial charge in [-0.1, -0.05) is 51.8 Å². The van der Waals surface area contributed by atoms with E-state index in [2.05, 4.69) is 20.1 Å². The van der Waals surface area contributed by atoms with Gasteiger partial charge in [0.2, 0.25) is 11.8 Å². The van der Waals surface area contributed by atoms with Gasteiger partial charge in [0.15, 0.2) is 0 Å². The number of likely N-dealkylation sites (tertiary alicyclic amines) is 1. The first-order valence-electron chi connectivity index (χ1n) is 13.9. The molecule has 2 amide bonds. The first-order chi connectivity index (χ1) is 17.6. The summed E-state index contributed by atoms with van der Waals surface area (Å²) < 4.78 is 12.2. The number of aliphatic hydroxyl groups is 1. The zero-order valence-corrected chi connectivity index (χ0v) is 23.1. The molecule has 3 aliphatic heterocycles. The van der Waals surface area contributed by atoms with Gasteiger partial charge >= 0.3 is 5.97 Å². The summed E-state index contributed by atoms with van der Waals surface area (Å²) in [4.78, 5) is 45.3. The van der Waals surface area contributed by atoms with Crippen LogP contribution < -0.4 is 0 Å². The zero-order chi connectivity index (χ0) is 27.4. The molecule has 8 nitrogen and oxygen atoms in total. The second-order valence-electron chi connectivity index (χ2n) is 11.2. The van der Waals surface area contributed by atoms with Crippen molar-refractivity contribution in [3.05, 3.63) is 25.3 Å². The van der Waals surface area contributed by atoms with E-state index >= 15 is 0 Å². The molecule has 3 saturated heterocycles. The molecule has 7 atom stereocenters. The van der Waals surface area contributed by atoms with Crippen molar-refractivity contribution in [3.8, 4) is 0 Å². The summed E-state index contributed by atoms with van der Waals surface area (Å²) in [6.07, 6.45) is 8.64. The second kappa shape index (κ2) is 12.1. The van der Waals surface area contributed by atoms with Gasteiger partial charge in [-0.15, -0.1) is 6.58 Å². The molecule has 3 aliphatic rings. The summed E-state index contributed by atoms with van der Waals surface area (Å²) >= 11 is 0. The minimum atomic E-state index is -1.07. The van der Waals surface area contributed by atoms with Crippen LogP contribution in [0, 0.1) is 17.8 Å². The predicted molar refractivity (Wildman–Crippen MR) is 141 cm³/mol. The summed E-state index contributed by atoms with van der Waals surface area (Å²) in [5, 5.41) is 9.12. The van der Waals surface area contributed by atoms with E-state index in [0.717, 1.165) is 25.7 Å². The van der Waals surface area contributed by atoms with Crippen molar-refractivity contribution in [3.63, 3.8) is 0 Å². The highest BCUT2D eigenvalue weighted by molar-refractivity contribution is 5.98. The molecule has 208 valence electrons. The van der Waals surface area contributed by atoms with Crippen molar-refractivity contribution < 1.29 is 29.0 Å². The van der Waals surface area contributed by atoms with Crippen LogP contribution in [0.25, 0.3) is 0 Å². The molecule has 1 N–H and O–H groups in total. The van der Waals surface area contributed by atoms with Gasteiger partial charge in [-0.05, 0) is 45.4 Å². The largest absolute Gasteiger partial charge is 0.461 e. The SMILES string of the molecule is C=CCOC(=O)[C@H]1[C@H]2C(=O)N(CCCCCCO)C(C(=O)N(CC=C)C(C)CCC)C23CC(C)[C@]1(C)O3. The number of unbranched alkanes of at least 4 members (excludes halogenated alkanes) is 3. The number of hydrogen-bond donors (Lipinski definition) is 1. The topological polar surface area (TPSA) is 96.4 Å². The number of hydrogen-bond acceptors (Lipinski definition) is 6. The number of nitrogens with zero attached hydrogens (tertiary/aromatic N) is 2. The molecule has 3 fully saturated rings. The van der Waals surface area contributed by atoms with Crippen molar-refractivity contribution in [2.75, 3.05) is 26.3 Å². The highest BCUT2D eigenvalue weighted by atomic mass is 16.6. The molecule has 0 aromatic heterocycles. The summed E-state index contributed by atoms with van der Waals surface area (Å²) in [6, 6.07) is -0.823. The normalized spacial score (nSPS) is 32.8. The highest BCUT2D eigenvalue weighted by Crippen LogP contribution is 2.65. The van der Waals surface area contributed by atoms with Crippen LogP contribution in [0.15, 0.2) is 25.3 Å². The van der Waals surface area contributed by atoms with Crippen LogP contribution >= 0.6 is 0 Å². The Morgan fingerprint density at radius 2 is 1.97 bits per heavy atom. The molecule has 1 spiro atoms. The minimum Gasteiger partial charge on any atom is -0.461 e. The monoisotopic (exact) mass is 518 g/mol. The third-order valence-corrected chi connectivity index (χ3v) is 8.80. The Bertz CT molecular complexity index is 876. The number of carbonyl (C=O) groups is 3. The lowest BCUT2D eigenvalue weighted by atomic mass is 9.62. The summed E-state index contributed by atoms with van der Waals surface area (Å²) in [6.45, 7) is 16.5. The Morgan fingerprint density at radius 3 is 2.59 bits per heavy atom. The van der Waals surface area contributed by atoms with Gasteiger partial charge in [-0.2, -0.15) is 0 Å². The van der Waals surface area contributed by atoms with Gasteiger partial charge in [0.25, 0.3) is 0 Å². The van der Waals surface area contributed by atoms with E-state index in [1.54, 1.807) is 11.0 Å². The number of amides is 2. The van der Waals surface area contributed by atoms with Crippen LogP contribution in [-0.4, -0.2) is 82.3 Å². The molecule has 0 aliphatic carbocycles. The fraction of sp³-hybridized carbons (Fsp3) is 0.759. The maximum atomic E-state index is 14.4. The zero-order valence-electron chi connectivity index (χ0n) is 23.1. The van der Waals surface area contributed by atoms with E-state index in [-0.39, 0.29) is 37.0 Å². The van der Waals surface area contributed by atoms with Gasteiger partial charge < -0.3 is 24.4 Å². The molecule has 8 heteroatoms. The first-order valence-corrected chi connectivity index (χ1v) is 13.9. The van der Waals surface area contributed by atoms with Crippen molar-refractivity contribution in [2.24, 2.45) is 17.8 Å². The average Bonchev–Trinajstić information content (AvgIpc) is 3.37. The number of ether oxygens (including phenoxy) is 2. The van der Waals surface area contributed by atoms with Crippen LogP contribution in [0.5, 0.6) is 0 Å². The van der Waals surface area contributed by atoms with Crippen molar-refractivity contribution >= 4 is 17.8 Å². The number of rotatable bonds is 15. The third kappa shape index (κ3) is 5.11. The quantitative estimate of drug-likeness (QED) is 0.203. The number of esters is 1. The van der Waals surface area contributed by atoms with Crippen molar-refractivity contribution in [1.82, 2.24) is 9.80 Å². The maximum Gasteiger partial charge on any atom is 0.313 e. The van der Waals surface area contributed by atoms with Gasteiger partial charge in [-0.25, -0.2) is 0 Å². The minimum absolute atomic E-state index is 0.0209. The predicted octanol–water partition coefficient (Wildman–Crippen LogP) is 3.48. The van der Waals surface area contributed by atoms with Crippen LogP contribution in [0.3, 0.4) is 0 Å². The molecule has 0 aromatic rings. The molecular weight excluding hydrogens is 472 g/mol. The standard InChI is InChI=1S/C29H46N2O6/c1-7-14-21(5)30(15-8-2)26(34)24-29-19-20(4)28(6,37-29)23(27(35)36-18-9-3)22(29)25(33)31(24)16-12-10-11-13-17-32/h8-9,20-24,32H,2-3,7,10-19H2,1,4-6H3/t20?,21?,22-,23+,24?,28-,29?/m0/s1. The van der Waals surface area contributed by atoms with Crippen LogP contribution in [0.1, 0.15) is 72.6 Å². The molecule has 2 bridgehead atoms. The Morgan fingerprint density at radius 1 is 1.27 bits per heavy atom. The summed E-state index contributed by atoms with van der Waals surface area (Å²) in [5.74, 6) is -2.36. The number of aliphatic hydroxyl groups excluding tert-OH is 1.